The van der Waals surface area contributed by atoms with Crippen molar-refractivity contribution in [2.45, 2.75) is 13.3 Å². The number of aliphatic hydroxyl groups is 1. The van der Waals surface area contributed by atoms with Gasteiger partial charge in [0.05, 0.1) is 6.61 Å². The predicted molar refractivity (Wildman–Crippen MR) is 83.8 cm³/mol. The maximum absolute atomic E-state index is 12.6. The molecule has 22 heavy (non-hydrogen) atoms. The lowest BCUT2D eigenvalue weighted by Gasteiger charge is -2.23. The normalized spacial score (nSPS) is 19.8. The van der Waals surface area contributed by atoms with E-state index in [1.165, 1.54) is 0 Å². The summed E-state index contributed by atoms with van der Waals surface area (Å²) in [6.07, 6.45) is 0.232. The summed E-state index contributed by atoms with van der Waals surface area (Å²) in [5.74, 6) is -0.768. The van der Waals surface area contributed by atoms with Gasteiger partial charge in [-0.15, -0.1) is 0 Å². The first-order valence-corrected chi connectivity index (χ1v) is 7.18. The Labute approximate surface area is 128 Å². The zero-order valence-corrected chi connectivity index (χ0v) is 12.3. The third kappa shape index (κ3) is 2.22. The second-order valence-electron chi connectivity index (χ2n) is 5.72. The zero-order chi connectivity index (χ0) is 15.7. The summed E-state index contributed by atoms with van der Waals surface area (Å²) in [6.45, 7) is 1.45. The van der Waals surface area contributed by atoms with Crippen LogP contribution in [0.5, 0.6) is 0 Å². The highest BCUT2D eigenvalue weighted by atomic mass is 16.3. The molecule has 1 amide bonds. The summed E-state index contributed by atoms with van der Waals surface area (Å²) in [5, 5.41) is 12.5. The molecule has 2 aromatic carbocycles. The van der Waals surface area contributed by atoms with E-state index in [0.717, 1.165) is 11.1 Å². The SMILES string of the molecule is Cc1ccc(NC(=O)C2(CO)Cc3ccccc3C2=O)cc1. The molecule has 0 spiro atoms. The van der Waals surface area contributed by atoms with Crippen molar-refractivity contribution < 1.29 is 14.7 Å². The van der Waals surface area contributed by atoms with Crippen molar-refractivity contribution in [3.63, 3.8) is 0 Å². The Balaban J connectivity index is 1.90. The van der Waals surface area contributed by atoms with Crippen LogP contribution in [0.3, 0.4) is 0 Å². The average Bonchev–Trinajstić information content (AvgIpc) is 2.83. The molecule has 1 atom stereocenters. The monoisotopic (exact) mass is 295 g/mol. The topological polar surface area (TPSA) is 66.4 Å². The van der Waals surface area contributed by atoms with Crippen LogP contribution in [0.4, 0.5) is 5.69 Å². The molecule has 0 saturated heterocycles. The Hall–Kier alpha value is -2.46. The number of carbonyl (C=O) groups is 2. The maximum Gasteiger partial charge on any atom is 0.241 e. The van der Waals surface area contributed by atoms with Crippen molar-refractivity contribution in [1.82, 2.24) is 0 Å². The molecule has 1 aliphatic rings. The molecular formula is C18H17NO3. The number of amides is 1. The Bertz CT molecular complexity index is 736. The number of carbonyl (C=O) groups excluding carboxylic acids is 2. The van der Waals surface area contributed by atoms with Gasteiger partial charge in [0, 0.05) is 11.3 Å². The quantitative estimate of drug-likeness (QED) is 0.854. The van der Waals surface area contributed by atoms with Gasteiger partial charge in [-0.2, -0.15) is 0 Å². The molecule has 1 aliphatic carbocycles. The van der Waals surface area contributed by atoms with Crippen LogP contribution < -0.4 is 5.32 Å². The fraction of sp³-hybridized carbons (Fsp3) is 0.222. The minimum atomic E-state index is -1.42. The molecule has 4 nitrogen and oxygen atoms in total. The van der Waals surface area contributed by atoms with Crippen LogP contribution in [0.2, 0.25) is 0 Å². The molecule has 0 fully saturated rings. The summed E-state index contributed by atoms with van der Waals surface area (Å²) in [5.41, 5.74) is 1.61. The first-order chi connectivity index (χ1) is 10.6. The van der Waals surface area contributed by atoms with Crippen LogP contribution >= 0.6 is 0 Å². The number of ketones is 1. The number of hydrogen-bond acceptors (Lipinski definition) is 3. The molecule has 1 unspecified atom stereocenters. The van der Waals surface area contributed by atoms with Crippen molar-refractivity contribution in [2.75, 3.05) is 11.9 Å². The van der Waals surface area contributed by atoms with Gasteiger partial charge >= 0.3 is 0 Å². The molecule has 0 saturated carbocycles. The van der Waals surface area contributed by atoms with E-state index in [9.17, 15) is 14.7 Å². The standard InChI is InChI=1S/C18H17NO3/c1-12-6-8-14(9-7-12)19-17(22)18(11-20)10-13-4-2-3-5-15(13)16(18)21/h2-9,20H,10-11H2,1H3,(H,19,22). The molecule has 0 radical (unpaired) electrons. The molecule has 0 bridgehead atoms. The summed E-state index contributed by atoms with van der Waals surface area (Å²) in [6, 6.07) is 14.5. The van der Waals surface area contributed by atoms with Crippen molar-refractivity contribution >= 4 is 17.4 Å². The molecule has 3 rings (SSSR count). The van der Waals surface area contributed by atoms with E-state index in [4.69, 9.17) is 0 Å². The van der Waals surface area contributed by atoms with E-state index < -0.39 is 17.9 Å². The fourth-order valence-electron chi connectivity index (χ4n) is 2.83. The Kier molecular flexibility index (Phi) is 3.54. The molecule has 0 aliphatic heterocycles. The lowest BCUT2D eigenvalue weighted by molar-refractivity contribution is -0.124. The third-order valence-corrected chi connectivity index (χ3v) is 4.20. The van der Waals surface area contributed by atoms with Crippen LogP contribution in [-0.4, -0.2) is 23.4 Å². The first-order valence-electron chi connectivity index (χ1n) is 7.18. The molecular weight excluding hydrogens is 278 g/mol. The van der Waals surface area contributed by atoms with Crippen molar-refractivity contribution in [2.24, 2.45) is 5.41 Å². The summed E-state index contributed by atoms with van der Waals surface area (Å²) in [4.78, 5) is 25.3. The second-order valence-corrected chi connectivity index (χ2v) is 5.72. The highest BCUT2D eigenvalue weighted by molar-refractivity contribution is 6.20. The number of fused-ring (bicyclic) bond motifs is 1. The number of anilines is 1. The molecule has 112 valence electrons. The van der Waals surface area contributed by atoms with Gasteiger partial charge in [-0.25, -0.2) is 0 Å². The number of Topliss-reactive ketones (excluding diaryl/α,β-unsaturated/α-hetero) is 1. The number of nitrogens with one attached hydrogen (secondary N) is 1. The Morgan fingerprint density at radius 3 is 2.50 bits per heavy atom. The van der Waals surface area contributed by atoms with Gasteiger partial charge < -0.3 is 10.4 Å². The average molecular weight is 295 g/mol. The summed E-state index contributed by atoms with van der Waals surface area (Å²) < 4.78 is 0. The molecule has 0 heterocycles. The maximum atomic E-state index is 12.6. The highest BCUT2D eigenvalue weighted by Crippen LogP contribution is 2.37. The van der Waals surface area contributed by atoms with Crippen molar-refractivity contribution in [1.29, 1.82) is 0 Å². The van der Waals surface area contributed by atoms with Gasteiger partial charge in [0.1, 0.15) is 5.41 Å². The van der Waals surface area contributed by atoms with Crippen molar-refractivity contribution in [3.8, 4) is 0 Å². The Morgan fingerprint density at radius 2 is 1.86 bits per heavy atom. The zero-order valence-electron chi connectivity index (χ0n) is 12.3. The van der Waals surface area contributed by atoms with Gasteiger partial charge in [-0.05, 0) is 31.0 Å². The molecule has 2 N–H and O–H groups in total. The highest BCUT2D eigenvalue weighted by Gasteiger charge is 2.51. The largest absolute Gasteiger partial charge is 0.395 e. The van der Waals surface area contributed by atoms with E-state index in [1.54, 1.807) is 24.3 Å². The second kappa shape index (κ2) is 5.39. The number of benzene rings is 2. The van der Waals surface area contributed by atoms with E-state index in [-0.39, 0.29) is 12.2 Å². The van der Waals surface area contributed by atoms with Crippen LogP contribution in [0, 0.1) is 12.3 Å². The van der Waals surface area contributed by atoms with Gasteiger partial charge in [-0.3, -0.25) is 9.59 Å². The number of aryl methyl sites for hydroxylation is 1. The predicted octanol–water partition coefficient (Wildman–Crippen LogP) is 2.35. The van der Waals surface area contributed by atoms with Gasteiger partial charge in [0.25, 0.3) is 0 Å². The lowest BCUT2D eigenvalue weighted by atomic mass is 9.83. The van der Waals surface area contributed by atoms with Gasteiger partial charge in [0.2, 0.25) is 5.91 Å². The van der Waals surface area contributed by atoms with E-state index in [1.807, 2.05) is 31.2 Å². The minimum absolute atomic E-state index is 0.232. The van der Waals surface area contributed by atoms with Gasteiger partial charge in [-0.1, -0.05) is 42.0 Å². The smallest absolute Gasteiger partial charge is 0.241 e. The minimum Gasteiger partial charge on any atom is -0.395 e. The lowest BCUT2D eigenvalue weighted by Crippen LogP contribution is -2.44. The van der Waals surface area contributed by atoms with Crippen LogP contribution in [0.15, 0.2) is 48.5 Å². The summed E-state index contributed by atoms with van der Waals surface area (Å²) >= 11 is 0. The van der Waals surface area contributed by atoms with Crippen LogP contribution in [0.25, 0.3) is 0 Å². The first kappa shape index (κ1) is 14.5. The van der Waals surface area contributed by atoms with Crippen LogP contribution in [0.1, 0.15) is 21.5 Å². The van der Waals surface area contributed by atoms with Crippen molar-refractivity contribution in [3.05, 3.63) is 65.2 Å². The molecule has 0 aromatic heterocycles. The Morgan fingerprint density at radius 1 is 1.18 bits per heavy atom. The van der Waals surface area contributed by atoms with Gasteiger partial charge in [0.15, 0.2) is 5.78 Å². The molecule has 4 heteroatoms. The summed E-state index contributed by atoms with van der Waals surface area (Å²) in [7, 11) is 0. The third-order valence-electron chi connectivity index (χ3n) is 4.20. The number of rotatable bonds is 3. The fourth-order valence-corrected chi connectivity index (χ4v) is 2.83. The number of hydrogen-bond donors (Lipinski definition) is 2. The van der Waals surface area contributed by atoms with E-state index >= 15 is 0 Å². The number of aliphatic hydroxyl groups excluding tert-OH is 1. The van der Waals surface area contributed by atoms with E-state index in [0.29, 0.717) is 11.3 Å². The van der Waals surface area contributed by atoms with E-state index in [2.05, 4.69) is 5.32 Å². The van der Waals surface area contributed by atoms with Crippen LogP contribution in [-0.2, 0) is 11.2 Å². The molecule has 2 aromatic rings.